The van der Waals surface area contributed by atoms with Gasteiger partial charge in [-0.1, -0.05) is 213 Å². The number of carboxylic acids is 1. The van der Waals surface area contributed by atoms with Gasteiger partial charge in [0.15, 0.2) is 0 Å². The summed E-state index contributed by atoms with van der Waals surface area (Å²) >= 11 is 0. The van der Waals surface area contributed by atoms with E-state index in [9.17, 15) is 9.90 Å². The van der Waals surface area contributed by atoms with Crippen molar-refractivity contribution in [1.29, 1.82) is 0 Å². The van der Waals surface area contributed by atoms with Crippen molar-refractivity contribution in [1.82, 2.24) is 0 Å². The minimum Gasteiger partial charge on any atom is -0.481 e. The first kappa shape index (κ1) is 47.9. The molecule has 0 radical (unpaired) electrons. The van der Waals surface area contributed by atoms with Gasteiger partial charge in [-0.2, -0.15) is 0 Å². The molecule has 0 aromatic heterocycles. The third kappa shape index (κ3) is 35.7. The van der Waals surface area contributed by atoms with Crippen molar-refractivity contribution >= 4 is 13.2 Å². The van der Waals surface area contributed by atoms with Crippen molar-refractivity contribution in [2.24, 2.45) is 0 Å². The quantitative estimate of drug-likeness (QED) is 0.0510. The Kier molecular flexibility index (Phi) is 39.6. The molecule has 0 aromatic rings. The Morgan fingerprint density at radius 3 is 0.688 bits per heavy atom. The Labute approximate surface area is 305 Å². The molecule has 0 spiro atoms. The Morgan fingerprint density at radius 1 is 0.312 bits per heavy atom. The van der Waals surface area contributed by atoms with Crippen LogP contribution in [0.2, 0.25) is 0 Å². The second-order valence-corrected chi connectivity index (χ2v) is 20.5. The minimum atomic E-state index is -1.17. The second-order valence-electron chi connectivity index (χ2n) is 16.0. The summed E-state index contributed by atoms with van der Waals surface area (Å²) in [6.45, 7) is 6.91. The van der Waals surface area contributed by atoms with Gasteiger partial charge in [-0.25, -0.2) is 0 Å². The Balaban J connectivity index is 4.57. The number of hydrogen-bond acceptors (Lipinski definition) is 1. The molecule has 0 rings (SSSR count). The van der Waals surface area contributed by atoms with Crippen molar-refractivity contribution in [3.63, 3.8) is 0 Å². The Hall–Kier alpha value is -0.100. The zero-order valence-corrected chi connectivity index (χ0v) is 34.7. The molecule has 2 nitrogen and oxygen atoms in total. The van der Waals surface area contributed by atoms with E-state index in [1.807, 2.05) is 0 Å². The van der Waals surface area contributed by atoms with E-state index in [-0.39, 0.29) is 0 Å². The van der Waals surface area contributed by atoms with Gasteiger partial charge >= 0.3 is 5.97 Å². The van der Waals surface area contributed by atoms with Gasteiger partial charge in [-0.15, -0.1) is 0 Å². The van der Waals surface area contributed by atoms with Crippen LogP contribution in [0.1, 0.15) is 258 Å². The van der Waals surface area contributed by atoms with Gasteiger partial charge in [0, 0.05) is 7.26 Å². The highest BCUT2D eigenvalue weighted by Crippen LogP contribution is 2.61. The summed E-state index contributed by atoms with van der Waals surface area (Å²) in [6.07, 6.45) is 56.3. The van der Waals surface area contributed by atoms with E-state index in [0.29, 0.717) is 6.42 Å². The van der Waals surface area contributed by atoms with Crippen LogP contribution < -0.4 is 0 Å². The van der Waals surface area contributed by atoms with E-state index < -0.39 is 13.2 Å². The van der Waals surface area contributed by atoms with Gasteiger partial charge in [-0.3, -0.25) is 4.79 Å². The van der Waals surface area contributed by atoms with Crippen LogP contribution >= 0.6 is 7.26 Å². The predicted molar refractivity (Wildman–Crippen MR) is 222 cm³/mol. The molecule has 0 aromatic carbocycles. The molecule has 0 bridgehead atoms. The fourth-order valence-corrected chi connectivity index (χ4v) is 12.6. The molecule has 1 N–H and O–H groups in total. The summed E-state index contributed by atoms with van der Waals surface area (Å²) in [7, 11) is -1.17. The number of rotatable bonds is 42. The van der Waals surface area contributed by atoms with Crippen molar-refractivity contribution in [2.75, 3.05) is 24.6 Å². The molecule has 0 aliphatic heterocycles. The summed E-state index contributed by atoms with van der Waals surface area (Å²) in [6, 6.07) is 0. The lowest BCUT2D eigenvalue weighted by molar-refractivity contribution is -0.136. The number of unbranched alkanes of at least 4 members (excludes halogenated alkanes) is 33. The van der Waals surface area contributed by atoms with Crippen LogP contribution in [0.5, 0.6) is 0 Å². The number of aliphatic carboxylic acids is 1. The third-order valence-electron chi connectivity index (χ3n) is 11.3. The summed E-state index contributed by atoms with van der Waals surface area (Å²) in [5, 5.41) is 9.71. The highest BCUT2D eigenvalue weighted by Gasteiger charge is 2.36. The maximum atomic E-state index is 11.8. The molecule has 0 aliphatic rings. The summed E-state index contributed by atoms with van der Waals surface area (Å²) in [5.41, 5.74) is 0. The minimum absolute atomic E-state index is 0.419. The Bertz CT molecular complexity index is 551. The summed E-state index contributed by atoms with van der Waals surface area (Å²) in [4.78, 5) is 11.8. The van der Waals surface area contributed by atoms with Crippen LogP contribution in [0.25, 0.3) is 0 Å². The Morgan fingerprint density at radius 2 is 0.500 bits per heavy atom. The van der Waals surface area contributed by atoms with Crippen LogP contribution in [0.15, 0.2) is 0 Å². The van der Waals surface area contributed by atoms with Crippen molar-refractivity contribution < 1.29 is 9.90 Å². The molecule has 0 heterocycles. The SMILES string of the molecule is CCCCCCCCCCCCCC[P+](CCCCCCCCCCCCCC)(CCCCCCCCCCCCCC)CCC(=O)O. The third-order valence-corrected chi connectivity index (χ3v) is 16.2. The number of hydrogen-bond donors (Lipinski definition) is 1. The van der Waals surface area contributed by atoms with E-state index in [4.69, 9.17) is 0 Å². The zero-order chi connectivity index (χ0) is 35.1. The molecule has 0 aliphatic carbocycles. The maximum Gasteiger partial charge on any atom is 0.307 e. The number of carboxylic acid groups (broad SMARTS) is 1. The summed E-state index contributed by atoms with van der Waals surface area (Å²) < 4.78 is 0. The molecule has 0 saturated carbocycles. The van der Waals surface area contributed by atoms with Gasteiger partial charge in [0.2, 0.25) is 0 Å². The average molecular weight is 696 g/mol. The molecule has 48 heavy (non-hydrogen) atoms. The van der Waals surface area contributed by atoms with Crippen LogP contribution in [-0.4, -0.2) is 35.7 Å². The first-order valence-corrected chi connectivity index (χ1v) is 25.2. The highest BCUT2D eigenvalue weighted by atomic mass is 31.2. The molecule has 0 fully saturated rings. The van der Waals surface area contributed by atoms with E-state index in [1.165, 1.54) is 250 Å². The normalized spacial score (nSPS) is 11.9. The molecule has 0 saturated heterocycles. The zero-order valence-electron chi connectivity index (χ0n) is 33.8. The van der Waals surface area contributed by atoms with E-state index >= 15 is 0 Å². The fourth-order valence-electron chi connectivity index (χ4n) is 7.87. The van der Waals surface area contributed by atoms with Crippen LogP contribution in [0.4, 0.5) is 0 Å². The molecule has 3 heteroatoms. The second kappa shape index (κ2) is 39.7. The van der Waals surface area contributed by atoms with Crippen molar-refractivity contribution in [3.05, 3.63) is 0 Å². The molecular formula is C45H92O2P+. The van der Waals surface area contributed by atoms with E-state index in [1.54, 1.807) is 0 Å². The molecule has 288 valence electrons. The number of carbonyl (C=O) groups is 1. The molecule has 0 atom stereocenters. The molecule has 0 amide bonds. The average Bonchev–Trinajstić information content (AvgIpc) is 3.08. The first-order valence-electron chi connectivity index (χ1n) is 22.7. The van der Waals surface area contributed by atoms with Gasteiger partial charge in [-0.05, 0) is 38.5 Å². The van der Waals surface area contributed by atoms with Crippen LogP contribution in [0.3, 0.4) is 0 Å². The molecule has 0 unspecified atom stereocenters. The van der Waals surface area contributed by atoms with E-state index in [2.05, 4.69) is 20.8 Å². The van der Waals surface area contributed by atoms with Gasteiger partial charge in [0.25, 0.3) is 0 Å². The monoisotopic (exact) mass is 696 g/mol. The smallest absolute Gasteiger partial charge is 0.307 e. The fraction of sp³-hybridized carbons (Fsp3) is 0.978. The molecular weight excluding hydrogens is 603 g/mol. The van der Waals surface area contributed by atoms with Crippen molar-refractivity contribution in [2.45, 2.75) is 258 Å². The predicted octanol–water partition coefficient (Wildman–Crippen LogP) is 16.6. The lowest BCUT2D eigenvalue weighted by atomic mass is 10.1. The first-order chi connectivity index (χ1) is 23.6. The maximum absolute atomic E-state index is 11.8. The van der Waals surface area contributed by atoms with E-state index in [0.717, 1.165) is 6.16 Å². The van der Waals surface area contributed by atoms with Gasteiger partial charge in [0.05, 0.1) is 31.1 Å². The van der Waals surface area contributed by atoms with Gasteiger partial charge in [0.1, 0.15) is 0 Å². The highest BCUT2D eigenvalue weighted by molar-refractivity contribution is 7.75. The topological polar surface area (TPSA) is 37.3 Å². The van der Waals surface area contributed by atoms with Crippen molar-refractivity contribution in [3.8, 4) is 0 Å². The van der Waals surface area contributed by atoms with Crippen LogP contribution in [-0.2, 0) is 4.79 Å². The summed E-state index contributed by atoms with van der Waals surface area (Å²) in [5.74, 6) is -0.557. The standard InChI is InChI=1S/C45H91O2P/c1-4-7-10-13-16-19-22-25-28-31-34-37-41-48(44-40-45(46)47,42-38-35-32-29-26-23-20-17-14-11-8-5-2)43-39-36-33-30-27-24-21-18-15-12-9-6-3/h4-44H2,1-3H3/p+1. The lowest BCUT2D eigenvalue weighted by Crippen LogP contribution is -2.15. The largest absolute Gasteiger partial charge is 0.481 e. The van der Waals surface area contributed by atoms with Crippen LogP contribution in [0, 0.1) is 0 Å². The van der Waals surface area contributed by atoms with Gasteiger partial charge < -0.3 is 5.11 Å². The lowest BCUT2D eigenvalue weighted by Gasteiger charge is -2.28.